The van der Waals surface area contributed by atoms with Crippen LogP contribution in [0.2, 0.25) is 0 Å². The van der Waals surface area contributed by atoms with Crippen LogP contribution in [0.5, 0.6) is 0 Å². The van der Waals surface area contributed by atoms with Crippen molar-refractivity contribution in [2.45, 2.75) is 12.5 Å². The van der Waals surface area contributed by atoms with E-state index in [0.717, 1.165) is 19.0 Å². The van der Waals surface area contributed by atoms with Gasteiger partial charge in [-0.2, -0.15) is 0 Å². The van der Waals surface area contributed by atoms with Gasteiger partial charge in [-0.1, -0.05) is 6.08 Å². The second-order valence-electron chi connectivity index (χ2n) is 2.94. The van der Waals surface area contributed by atoms with Crippen molar-refractivity contribution in [3.8, 4) is 0 Å². The average molecular weight is 171 g/mol. The number of aliphatic carboxylic acids is 1. The second-order valence-corrected chi connectivity index (χ2v) is 2.94. The summed E-state index contributed by atoms with van der Waals surface area (Å²) < 4.78 is 0. The molecule has 1 heterocycles. The van der Waals surface area contributed by atoms with Crippen LogP contribution in [0.4, 0.5) is 0 Å². The molecule has 1 saturated heterocycles. The molecule has 0 bridgehead atoms. The molecule has 0 aromatic rings. The first kappa shape index (κ1) is 9.22. The van der Waals surface area contributed by atoms with E-state index in [2.05, 4.69) is 0 Å². The highest BCUT2D eigenvalue weighted by atomic mass is 16.4. The van der Waals surface area contributed by atoms with Crippen LogP contribution < -0.4 is 0 Å². The van der Waals surface area contributed by atoms with Crippen LogP contribution >= 0.6 is 0 Å². The van der Waals surface area contributed by atoms with E-state index in [9.17, 15) is 4.79 Å². The van der Waals surface area contributed by atoms with Gasteiger partial charge in [0.25, 0.3) is 0 Å². The summed E-state index contributed by atoms with van der Waals surface area (Å²) in [5, 5.41) is 17.4. The number of likely N-dealkylation sites (tertiary alicyclic amines) is 1. The molecule has 0 unspecified atom stereocenters. The van der Waals surface area contributed by atoms with Crippen LogP contribution in [-0.4, -0.2) is 46.8 Å². The van der Waals surface area contributed by atoms with Crippen LogP contribution in [0.25, 0.3) is 0 Å². The van der Waals surface area contributed by atoms with Crippen LogP contribution in [0.1, 0.15) is 6.42 Å². The Morgan fingerprint density at radius 2 is 2.42 bits per heavy atom. The summed E-state index contributed by atoms with van der Waals surface area (Å²) in [6.45, 7) is 2.12. The van der Waals surface area contributed by atoms with Crippen molar-refractivity contribution in [1.29, 1.82) is 0 Å². The first-order valence-electron chi connectivity index (χ1n) is 3.98. The fourth-order valence-electron chi connectivity index (χ4n) is 1.28. The van der Waals surface area contributed by atoms with E-state index in [1.807, 2.05) is 4.90 Å². The number of aliphatic hydroxyl groups is 1. The van der Waals surface area contributed by atoms with Gasteiger partial charge in [-0.25, -0.2) is 4.79 Å². The summed E-state index contributed by atoms with van der Waals surface area (Å²) in [5.74, 6) is -0.922. The lowest BCUT2D eigenvalue weighted by molar-refractivity contribution is -0.131. The number of carbonyl (C=O) groups is 1. The molecular weight excluding hydrogens is 158 g/mol. The minimum absolute atomic E-state index is 0.233. The molecule has 1 aliphatic heterocycles. The molecule has 1 atom stereocenters. The minimum atomic E-state index is -0.922. The Kier molecular flexibility index (Phi) is 3.25. The lowest BCUT2D eigenvalue weighted by Gasteiger charge is -2.10. The molecule has 1 rings (SSSR count). The third-order valence-corrected chi connectivity index (χ3v) is 1.87. The normalized spacial score (nSPS) is 25.2. The van der Waals surface area contributed by atoms with Crippen molar-refractivity contribution >= 4 is 5.97 Å². The summed E-state index contributed by atoms with van der Waals surface area (Å²) in [5.41, 5.74) is 0. The van der Waals surface area contributed by atoms with Crippen molar-refractivity contribution in [2.75, 3.05) is 19.6 Å². The number of hydrogen-bond acceptors (Lipinski definition) is 3. The maximum atomic E-state index is 10.1. The molecule has 0 aliphatic carbocycles. The van der Waals surface area contributed by atoms with Crippen molar-refractivity contribution in [3.63, 3.8) is 0 Å². The van der Waals surface area contributed by atoms with Gasteiger partial charge < -0.3 is 10.2 Å². The molecule has 0 amide bonds. The Labute approximate surface area is 71.1 Å². The van der Waals surface area contributed by atoms with Gasteiger partial charge in [-0.05, 0) is 6.42 Å². The fourth-order valence-corrected chi connectivity index (χ4v) is 1.28. The zero-order valence-electron chi connectivity index (χ0n) is 6.81. The maximum absolute atomic E-state index is 10.1. The Morgan fingerprint density at radius 1 is 1.67 bits per heavy atom. The average Bonchev–Trinajstić information content (AvgIpc) is 2.35. The molecule has 2 N–H and O–H groups in total. The molecule has 0 aromatic carbocycles. The van der Waals surface area contributed by atoms with Gasteiger partial charge in [0.1, 0.15) is 0 Å². The van der Waals surface area contributed by atoms with Gasteiger partial charge in [0.2, 0.25) is 0 Å². The number of nitrogens with zero attached hydrogens (tertiary/aromatic N) is 1. The highest BCUT2D eigenvalue weighted by Crippen LogP contribution is 2.07. The quantitative estimate of drug-likeness (QED) is 0.572. The predicted octanol–water partition coefficient (Wildman–Crippen LogP) is -0.306. The molecule has 68 valence electrons. The van der Waals surface area contributed by atoms with E-state index >= 15 is 0 Å². The second kappa shape index (κ2) is 4.23. The van der Waals surface area contributed by atoms with Crippen LogP contribution in [0.15, 0.2) is 12.2 Å². The molecular formula is C8H13NO3. The SMILES string of the molecule is O=C(O)C=CCN1CC[C@@H](O)C1. The molecule has 1 fully saturated rings. The zero-order chi connectivity index (χ0) is 8.97. The molecule has 0 radical (unpaired) electrons. The van der Waals surface area contributed by atoms with E-state index < -0.39 is 5.97 Å². The molecule has 0 spiro atoms. The molecule has 12 heavy (non-hydrogen) atoms. The Hall–Kier alpha value is -0.870. The smallest absolute Gasteiger partial charge is 0.328 e. The van der Waals surface area contributed by atoms with Crippen molar-refractivity contribution in [2.24, 2.45) is 0 Å². The van der Waals surface area contributed by atoms with E-state index in [0.29, 0.717) is 13.1 Å². The van der Waals surface area contributed by atoms with Crippen LogP contribution in [0.3, 0.4) is 0 Å². The van der Waals surface area contributed by atoms with Crippen molar-refractivity contribution < 1.29 is 15.0 Å². The van der Waals surface area contributed by atoms with Crippen LogP contribution in [0, 0.1) is 0 Å². The standard InChI is InChI=1S/C8H13NO3/c10-7-3-5-9(6-7)4-1-2-8(11)12/h1-2,7,10H,3-6H2,(H,11,12)/t7-/m1/s1. The van der Waals surface area contributed by atoms with E-state index in [1.165, 1.54) is 0 Å². The van der Waals surface area contributed by atoms with E-state index in [1.54, 1.807) is 6.08 Å². The third-order valence-electron chi connectivity index (χ3n) is 1.87. The largest absolute Gasteiger partial charge is 0.478 e. The van der Waals surface area contributed by atoms with Gasteiger partial charge in [0.05, 0.1) is 6.10 Å². The number of β-amino-alcohol motifs (C(OH)–C–C–N with tert-alkyl or cyclic N) is 1. The van der Waals surface area contributed by atoms with Gasteiger partial charge in [0.15, 0.2) is 0 Å². The minimum Gasteiger partial charge on any atom is -0.478 e. The first-order valence-corrected chi connectivity index (χ1v) is 3.98. The monoisotopic (exact) mass is 171 g/mol. The number of carboxylic acid groups (broad SMARTS) is 1. The lowest BCUT2D eigenvalue weighted by atomic mass is 10.3. The van der Waals surface area contributed by atoms with Gasteiger partial charge >= 0.3 is 5.97 Å². The summed E-state index contributed by atoms with van der Waals surface area (Å²) >= 11 is 0. The number of rotatable bonds is 3. The van der Waals surface area contributed by atoms with E-state index in [4.69, 9.17) is 10.2 Å². The zero-order valence-corrected chi connectivity index (χ0v) is 6.81. The Balaban J connectivity index is 2.20. The number of aliphatic hydroxyl groups excluding tert-OH is 1. The third kappa shape index (κ3) is 3.02. The van der Waals surface area contributed by atoms with Crippen molar-refractivity contribution in [1.82, 2.24) is 4.90 Å². The highest BCUT2D eigenvalue weighted by molar-refractivity contribution is 5.79. The molecule has 4 heteroatoms. The summed E-state index contributed by atoms with van der Waals surface area (Å²) in [6.07, 6.45) is 3.29. The predicted molar refractivity (Wildman–Crippen MR) is 43.8 cm³/mol. The first-order chi connectivity index (χ1) is 5.68. The summed E-state index contributed by atoms with van der Waals surface area (Å²) in [7, 11) is 0. The molecule has 4 nitrogen and oxygen atoms in total. The van der Waals surface area contributed by atoms with Crippen molar-refractivity contribution in [3.05, 3.63) is 12.2 Å². The molecule has 1 aliphatic rings. The number of hydrogen-bond donors (Lipinski definition) is 2. The fraction of sp³-hybridized carbons (Fsp3) is 0.625. The lowest BCUT2D eigenvalue weighted by Crippen LogP contribution is -2.22. The van der Waals surface area contributed by atoms with Gasteiger partial charge in [0, 0.05) is 25.7 Å². The van der Waals surface area contributed by atoms with E-state index in [-0.39, 0.29) is 6.10 Å². The molecule has 0 saturated carbocycles. The maximum Gasteiger partial charge on any atom is 0.328 e. The summed E-state index contributed by atoms with van der Waals surface area (Å²) in [4.78, 5) is 12.1. The Bertz CT molecular complexity index is 191. The number of carboxylic acids is 1. The van der Waals surface area contributed by atoms with Gasteiger partial charge in [-0.3, -0.25) is 4.90 Å². The van der Waals surface area contributed by atoms with Gasteiger partial charge in [-0.15, -0.1) is 0 Å². The highest BCUT2D eigenvalue weighted by Gasteiger charge is 2.18. The summed E-state index contributed by atoms with van der Waals surface area (Å²) in [6, 6.07) is 0. The topological polar surface area (TPSA) is 60.8 Å². The molecule has 0 aromatic heterocycles. The Morgan fingerprint density at radius 3 is 2.92 bits per heavy atom. The van der Waals surface area contributed by atoms with Crippen LogP contribution in [-0.2, 0) is 4.79 Å².